The minimum atomic E-state index is 1.18. The second kappa shape index (κ2) is 5.86. The molecule has 0 aromatic carbocycles. The molecule has 0 aromatic heterocycles. The van der Waals surface area contributed by atoms with Gasteiger partial charge in [-0.3, -0.25) is 4.90 Å². The first-order valence-electron chi connectivity index (χ1n) is 4.44. The van der Waals surface area contributed by atoms with E-state index in [2.05, 4.69) is 17.1 Å². The highest BCUT2D eigenvalue weighted by Gasteiger charge is 2.07. The van der Waals surface area contributed by atoms with E-state index < -0.39 is 0 Å². The van der Waals surface area contributed by atoms with Crippen LogP contribution in [-0.4, -0.2) is 49.1 Å². The highest BCUT2D eigenvalue weighted by Crippen LogP contribution is 2.00. The second-order valence-corrected chi connectivity index (χ2v) is 4.18. The molecule has 1 aliphatic heterocycles. The Hall–Kier alpha value is 0.270. The maximum Gasteiger partial charge on any atom is 0.0108 e. The van der Waals surface area contributed by atoms with E-state index in [0.717, 1.165) is 0 Å². The zero-order chi connectivity index (χ0) is 7.94. The van der Waals surface area contributed by atoms with Crippen LogP contribution in [-0.2, 0) is 0 Å². The van der Waals surface area contributed by atoms with Gasteiger partial charge in [-0.1, -0.05) is 6.92 Å². The van der Waals surface area contributed by atoms with Crippen molar-refractivity contribution in [3.05, 3.63) is 0 Å². The van der Waals surface area contributed by atoms with Crippen molar-refractivity contribution < 1.29 is 0 Å². The molecule has 0 aromatic rings. The fourth-order valence-electron chi connectivity index (χ4n) is 1.27. The molecule has 0 bridgehead atoms. The van der Waals surface area contributed by atoms with E-state index in [9.17, 15) is 0 Å². The molecule has 1 rings (SSSR count). The lowest BCUT2D eigenvalue weighted by Crippen LogP contribution is -2.44. The van der Waals surface area contributed by atoms with Crippen LogP contribution in [0.4, 0.5) is 0 Å². The maximum absolute atomic E-state index is 3.36. The van der Waals surface area contributed by atoms with Gasteiger partial charge in [-0.05, 0) is 5.75 Å². The minimum absolute atomic E-state index is 1.18. The lowest BCUT2D eigenvalue weighted by atomic mass is 10.4. The van der Waals surface area contributed by atoms with Crippen LogP contribution in [0.5, 0.6) is 0 Å². The molecule has 0 amide bonds. The van der Waals surface area contributed by atoms with Gasteiger partial charge in [0.15, 0.2) is 0 Å². The molecular formula is C8H18N2S. The van der Waals surface area contributed by atoms with Crippen molar-refractivity contribution in [2.45, 2.75) is 6.92 Å². The molecule has 66 valence electrons. The summed E-state index contributed by atoms with van der Waals surface area (Å²) < 4.78 is 0. The van der Waals surface area contributed by atoms with Gasteiger partial charge in [-0.2, -0.15) is 11.8 Å². The Morgan fingerprint density at radius 2 is 2.09 bits per heavy atom. The Labute approximate surface area is 73.7 Å². The molecule has 0 saturated carbocycles. The third kappa shape index (κ3) is 3.99. The van der Waals surface area contributed by atoms with Gasteiger partial charge in [0.05, 0.1) is 0 Å². The molecule has 11 heavy (non-hydrogen) atoms. The molecular weight excluding hydrogens is 156 g/mol. The SMILES string of the molecule is CCSCCN1CCNCC1. The Bertz CT molecular complexity index is 92.1. The Balaban J connectivity index is 1.96. The number of hydrogen-bond acceptors (Lipinski definition) is 3. The van der Waals surface area contributed by atoms with E-state index >= 15 is 0 Å². The van der Waals surface area contributed by atoms with Crippen molar-refractivity contribution in [2.75, 3.05) is 44.2 Å². The predicted octanol–water partition coefficient (Wildman–Crippen LogP) is 0.645. The van der Waals surface area contributed by atoms with E-state index in [-0.39, 0.29) is 0 Å². The summed E-state index contributed by atoms with van der Waals surface area (Å²) in [5.74, 6) is 2.56. The van der Waals surface area contributed by atoms with E-state index in [1.54, 1.807) is 0 Å². The van der Waals surface area contributed by atoms with E-state index in [4.69, 9.17) is 0 Å². The van der Waals surface area contributed by atoms with Crippen molar-refractivity contribution in [3.63, 3.8) is 0 Å². The van der Waals surface area contributed by atoms with Crippen molar-refractivity contribution in [1.82, 2.24) is 10.2 Å². The molecule has 0 spiro atoms. The summed E-state index contributed by atoms with van der Waals surface area (Å²) >= 11 is 2.04. The van der Waals surface area contributed by atoms with Crippen molar-refractivity contribution in [2.24, 2.45) is 0 Å². The Morgan fingerprint density at radius 1 is 1.36 bits per heavy atom. The lowest BCUT2D eigenvalue weighted by Gasteiger charge is -2.26. The maximum atomic E-state index is 3.36. The molecule has 0 radical (unpaired) electrons. The van der Waals surface area contributed by atoms with Crippen LogP contribution < -0.4 is 5.32 Å². The van der Waals surface area contributed by atoms with Gasteiger partial charge < -0.3 is 5.32 Å². The molecule has 0 atom stereocenters. The number of rotatable bonds is 4. The van der Waals surface area contributed by atoms with Crippen LogP contribution in [0, 0.1) is 0 Å². The van der Waals surface area contributed by atoms with Gasteiger partial charge in [-0.25, -0.2) is 0 Å². The van der Waals surface area contributed by atoms with Crippen LogP contribution in [0.15, 0.2) is 0 Å². The molecule has 2 nitrogen and oxygen atoms in total. The van der Waals surface area contributed by atoms with Crippen molar-refractivity contribution in [1.29, 1.82) is 0 Å². The predicted molar refractivity (Wildman–Crippen MR) is 52.3 cm³/mol. The zero-order valence-electron chi connectivity index (χ0n) is 7.31. The number of thioether (sulfide) groups is 1. The Morgan fingerprint density at radius 3 is 2.73 bits per heavy atom. The minimum Gasteiger partial charge on any atom is -0.314 e. The van der Waals surface area contributed by atoms with Crippen LogP contribution in [0.2, 0.25) is 0 Å². The molecule has 1 heterocycles. The summed E-state index contributed by atoms with van der Waals surface area (Å²) in [5.41, 5.74) is 0. The summed E-state index contributed by atoms with van der Waals surface area (Å²) in [5, 5.41) is 3.36. The van der Waals surface area contributed by atoms with Crippen LogP contribution in [0.3, 0.4) is 0 Å². The van der Waals surface area contributed by atoms with Gasteiger partial charge in [0.25, 0.3) is 0 Å². The average molecular weight is 174 g/mol. The van der Waals surface area contributed by atoms with Gasteiger partial charge in [-0.15, -0.1) is 0 Å². The number of piperazine rings is 1. The van der Waals surface area contributed by atoms with Crippen molar-refractivity contribution in [3.8, 4) is 0 Å². The molecule has 1 N–H and O–H groups in total. The van der Waals surface area contributed by atoms with Crippen LogP contribution >= 0.6 is 11.8 Å². The van der Waals surface area contributed by atoms with E-state index in [1.807, 2.05) is 11.8 Å². The molecule has 0 aliphatic carbocycles. The fraction of sp³-hybridized carbons (Fsp3) is 1.00. The smallest absolute Gasteiger partial charge is 0.0108 e. The monoisotopic (exact) mass is 174 g/mol. The summed E-state index contributed by atoms with van der Waals surface area (Å²) in [6.45, 7) is 8.34. The standard InChI is InChI=1S/C8H18N2S/c1-2-11-8-7-10-5-3-9-4-6-10/h9H,2-8H2,1H3. The normalized spacial score (nSPS) is 20.5. The Kier molecular flexibility index (Phi) is 4.99. The van der Waals surface area contributed by atoms with E-state index in [0.29, 0.717) is 0 Å². The van der Waals surface area contributed by atoms with Gasteiger partial charge in [0.2, 0.25) is 0 Å². The summed E-state index contributed by atoms with van der Waals surface area (Å²) in [6.07, 6.45) is 0. The lowest BCUT2D eigenvalue weighted by molar-refractivity contribution is 0.255. The topological polar surface area (TPSA) is 15.3 Å². The summed E-state index contributed by atoms with van der Waals surface area (Å²) in [7, 11) is 0. The molecule has 1 aliphatic rings. The zero-order valence-corrected chi connectivity index (χ0v) is 8.12. The van der Waals surface area contributed by atoms with Gasteiger partial charge >= 0.3 is 0 Å². The third-order valence-corrected chi connectivity index (χ3v) is 2.85. The first-order valence-corrected chi connectivity index (χ1v) is 5.59. The largest absolute Gasteiger partial charge is 0.314 e. The first-order chi connectivity index (χ1) is 5.43. The average Bonchev–Trinajstić information content (AvgIpc) is 2.07. The van der Waals surface area contributed by atoms with Gasteiger partial charge in [0, 0.05) is 38.5 Å². The quantitative estimate of drug-likeness (QED) is 0.630. The molecule has 0 unspecified atom stereocenters. The third-order valence-electron chi connectivity index (χ3n) is 1.97. The highest BCUT2D eigenvalue weighted by molar-refractivity contribution is 7.99. The van der Waals surface area contributed by atoms with Crippen LogP contribution in [0.1, 0.15) is 6.92 Å². The van der Waals surface area contributed by atoms with Crippen LogP contribution in [0.25, 0.3) is 0 Å². The summed E-state index contributed by atoms with van der Waals surface area (Å²) in [6, 6.07) is 0. The highest BCUT2D eigenvalue weighted by atomic mass is 32.2. The van der Waals surface area contributed by atoms with Gasteiger partial charge in [0.1, 0.15) is 0 Å². The number of nitrogens with one attached hydrogen (secondary N) is 1. The second-order valence-electron chi connectivity index (χ2n) is 2.79. The number of nitrogens with zero attached hydrogens (tertiary/aromatic N) is 1. The van der Waals surface area contributed by atoms with E-state index in [1.165, 1.54) is 44.2 Å². The van der Waals surface area contributed by atoms with Crippen molar-refractivity contribution >= 4 is 11.8 Å². The number of hydrogen-bond donors (Lipinski definition) is 1. The molecule has 3 heteroatoms. The summed E-state index contributed by atoms with van der Waals surface area (Å²) in [4.78, 5) is 2.54. The molecule has 1 fully saturated rings. The first kappa shape index (κ1) is 9.36. The molecule has 1 saturated heterocycles. The fourth-order valence-corrected chi connectivity index (χ4v) is 1.95.